The molecule has 0 aromatic carbocycles. The van der Waals surface area contributed by atoms with Crippen molar-refractivity contribution in [3.05, 3.63) is 0 Å². The molecular weight excluding hydrogens is 246 g/mol. The van der Waals surface area contributed by atoms with E-state index in [-0.39, 0.29) is 12.8 Å². The summed E-state index contributed by atoms with van der Waals surface area (Å²) in [4.78, 5) is 34.5. The first kappa shape index (κ1) is 14.9. The molecular formula is C10H15NO7. The molecule has 102 valence electrons. The monoisotopic (exact) mass is 261 g/mol. The van der Waals surface area contributed by atoms with Gasteiger partial charge < -0.3 is 26.2 Å². The lowest BCUT2D eigenvalue weighted by molar-refractivity contribution is -0.159. The van der Waals surface area contributed by atoms with E-state index in [4.69, 9.17) is 15.9 Å². The van der Waals surface area contributed by atoms with Crippen LogP contribution in [0.4, 0.5) is 0 Å². The molecule has 1 fully saturated rings. The van der Waals surface area contributed by atoms with Crippen LogP contribution in [-0.4, -0.2) is 68.2 Å². The highest BCUT2D eigenvalue weighted by Crippen LogP contribution is 2.23. The molecule has 0 aliphatic heterocycles. The van der Waals surface area contributed by atoms with E-state index in [0.717, 1.165) is 0 Å². The molecule has 0 unspecified atom stereocenters. The minimum atomic E-state index is -2.56. The van der Waals surface area contributed by atoms with Crippen LogP contribution in [0.1, 0.15) is 12.8 Å². The summed E-state index contributed by atoms with van der Waals surface area (Å²) in [6, 6.07) is 0. The molecule has 8 heteroatoms. The molecule has 0 bridgehead atoms. The van der Waals surface area contributed by atoms with Crippen molar-refractivity contribution in [2.45, 2.75) is 36.7 Å². The van der Waals surface area contributed by atoms with Crippen molar-refractivity contribution in [2.75, 3.05) is 6.61 Å². The van der Waals surface area contributed by atoms with Crippen LogP contribution in [0, 0.1) is 0 Å². The molecule has 1 aliphatic rings. The first-order chi connectivity index (χ1) is 8.26. The molecule has 8 nitrogen and oxygen atoms in total. The number of aliphatic hydroxyl groups is 4. The maximum absolute atomic E-state index is 11.6. The van der Waals surface area contributed by atoms with Crippen LogP contribution in [0.2, 0.25) is 0 Å². The standard InChI is InChI=1S/C10H15NO7/c11-10(9(18)7(16)5(14)3-12)6(15)2-1-4(13)8(10)17/h5,7,9,12,14,16,18H,1-3,11H2/t5-,7-,9+,10+/m1/s1. The molecule has 1 rings (SSSR count). The zero-order valence-corrected chi connectivity index (χ0v) is 9.44. The Morgan fingerprint density at radius 2 is 1.72 bits per heavy atom. The number of Topliss-reactive ketones (excluding diaryl/α,β-unsaturated/α-hetero) is 3. The number of aliphatic hydroxyl groups excluding tert-OH is 4. The van der Waals surface area contributed by atoms with Crippen molar-refractivity contribution in [1.82, 2.24) is 0 Å². The van der Waals surface area contributed by atoms with Crippen LogP contribution in [0.25, 0.3) is 0 Å². The molecule has 0 heterocycles. The lowest BCUT2D eigenvalue weighted by atomic mass is 9.73. The average molecular weight is 261 g/mol. The molecule has 0 amide bonds. The Balaban J connectivity index is 3.06. The lowest BCUT2D eigenvalue weighted by Gasteiger charge is -2.36. The number of hydrogen-bond donors (Lipinski definition) is 5. The van der Waals surface area contributed by atoms with Crippen LogP contribution >= 0.6 is 0 Å². The molecule has 0 radical (unpaired) electrons. The highest BCUT2D eigenvalue weighted by atomic mass is 16.4. The van der Waals surface area contributed by atoms with Crippen LogP contribution in [0.5, 0.6) is 0 Å². The lowest BCUT2D eigenvalue weighted by Crippen LogP contribution is -2.70. The zero-order valence-electron chi connectivity index (χ0n) is 9.44. The quantitative estimate of drug-likeness (QED) is 0.255. The number of carbonyl (C=O) groups excluding carboxylic acids is 3. The molecule has 1 saturated carbocycles. The van der Waals surface area contributed by atoms with Gasteiger partial charge >= 0.3 is 0 Å². The Bertz CT molecular complexity index is 382. The highest BCUT2D eigenvalue weighted by Gasteiger charge is 2.55. The molecule has 1 aliphatic carbocycles. The summed E-state index contributed by atoms with van der Waals surface area (Å²) in [5.74, 6) is -3.10. The maximum atomic E-state index is 11.6. The van der Waals surface area contributed by atoms with Gasteiger partial charge in [0.1, 0.15) is 18.3 Å². The van der Waals surface area contributed by atoms with Crippen molar-refractivity contribution in [3.63, 3.8) is 0 Å². The maximum Gasteiger partial charge on any atom is 0.228 e. The molecule has 6 N–H and O–H groups in total. The summed E-state index contributed by atoms with van der Waals surface area (Å²) >= 11 is 0. The van der Waals surface area contributed by atoms with Crippen molar-refractivity contribution < 1.29 is 34.8 Å². The molecule has 0 aromatic heterocycles. The zero-order chi connectivity index (χ0) is 14.1. The van der Waals surface area contributed by atoms with Gasteiger partial charge in [0.2, 0.25) is 11.6 Å². The second kappa shape index (κ2) is 5.21. The van der Waals surface area contributed by atoms with Gasteiger partial charge in [-0.2, -0.15) is 0 Å². The van der Waals surface area contributed by atoms with E-state index < -0.39 is 47.8 Å². The van der Waals surface area contributed by atoms with E-state index in [1.165, 1.54) is 0 Å². The van der Waals surface area contributed by atoms with E-state index in [1.807, 2.05) is 0 Å². The topological polar surface area (TPSA) is 158 Å². The van der Waals surface area contributed by atoms with Gasteiger partial charge in [-0.1, -0.05) is 0 Å². The molecule has 4 atom stereocenters. The number of ketones is 3. The Morgan fingerprint density at radius 1 is 1.17 bits per heavy atom. The third-order valence-corrected chi connectivity index (χ3v) is 3.04. The first-order valence-electron chi connectivity index (χ1n) is 5.31. The SMILES string of the molecule is N[C@@]1([C@@H](O)[C@H](O)[C@H](O)CO)C(=O)CCC(=O)C1=O. The van der Waals surface area contributed by atoms with E-state index >= 15 is 0 Å². The normalized spacial score (nSPS) is 30.2. The summed E-state index contributed by atoms with van der Waals surface area (Å²) in [7, 11) is 0. The van der Waals surface area contributed by atoms with E-state index in [2.05, 4.69) is 0 Å². The highest BCUT2D eigenvalue weighted by molar-refractivity contribution is 6.47. The van der Waals surface area contributed by atoms with Gasteiger partial charge in [-0.05, 0) is 0 Å². The predicted octanol–water partition coefficient (Wildman–Crippen LogP) is -3.74. The number of carbonyl (C=O) groups is 3. The Hall–Kier alpha value is -1.19. The minimum absolute atomic E-state index is 0.290. The summed E-state index contributed by atoms with van der Waals surface area (Å²) in [5, 5.41) is 37.0. The summed E-state index contributed by atoms with van der Waals surface area (Å²) in [5.41, 5.74) is 2.89. The van der Waals surface area contributed by atoms with Crippen LogP contribution in [-0.2, 0) is 14.4 Å². The van der Waals surface area contributed by atoms with Crippen molar-refractivity contribution >= 4 is 17.3 Å². The van der Waals surface area contributed by atoms with Gasteiger partial charge in [-0.25, -0.2) is 0 Å². The fourth-order valence-corrected chi connectivity index (χ4v) is 1.79. The van der Waals surface area contributed by atoms with Gasteiger partial charge in [0.05, 0.1) is 6.61 Å². The smallest absolute Gasteiger partial charge is 0.228 e. The molecule has 0 saturated heterocycles. The summed E-state index contributed by atoms with van der Waals surface area (Å²) < 4.78 is 0. The predicted molar refractivity (Wildman–Crippen MR) is 56.3 cm³/mol. The second-order valence-electron chi connectivity index (χ2n) is 4.23. The molecule has 0 aromatic rings. The van der Waals surface area contributed by atoms with Gasteiger partial charge in [-0.3, -0.25) is 14.4 Å². The van der Waals surface area contributed by atoms with Crippen LogP contribution in [0.15, 0.2) is 0 Å². The third kappa shape index (κ3) is 2.20. The largest absolute Gasteiger partial charge is 0.394 e. The van der Waals surface area contributed by atoms with Gasteiger partial charge in [-0.15, -0.1) is 0 Å². The molecule has 0 spiro atoms. The van der Waals surface area contributed by atoms with Gasteiger partial charge in [0.25, 0.3) is 0 Å². The van der Waals surface area contributed by atoms with Gasteiger partial charge in [0.15, 0.2) is 11.3 Å². The average Bonchev–Trinajstić information content (AvgIpc) is 2.38. The van der Waals surface area contributed by atoms with Crippen molar-refractivity contribution in [2.24, 2.45) is 5.73 Å². The summed E-state index contributed by atoms with van der Waals surface area (Å²) in [6.45, 7) is -0.898. The Labute approximate surface area is 102 Å². The molecule has 18 heavy (non-hydrogen) atoms. The van der Waals surface area contributed by atoms with Crippen molar-refractivity contribution in [3.8, 4) is 0 Å². The van der Waals surface area contributed by atoms with E-state index in [0.29, 0.717) is 0 Å². The number of hydrogen-bond acceptors (Lipinski definition) is 8. The number of nitrogens with two attached hydrogens (primary N) is 1. The van der Waals surface area contributed by atoms with Crippen molar-refractivity contribution in [1.29, 1.82) is 0 Å². The fourth-order valence-electron chi connectivity index (χ4n) is 1.79. The second-order valence-corrected chi connectivity index (χ2v) is 4.23. The minimum Gasteiger partial charge on any atom is -0.394 e. The third-order valence-electron chi connectivity index (χ3n) is 3.04. The van der Waals surface area contributed by atoms with Crippen LogP contribution in [0.3, 0.4) is 0 Å². The fraction of sp³-hybridized carbons (Fsp3) is 0.700. The van der Waals surface area contributed by atoms with E-state index in [9.17, 15) is 24.6 Å². The van der Waals surface area contributed by atoms with E-state index in [1.54, 1.807) is 0 Å². The van der Waals surface area contributed by atoms with Crippen LogP contribution < -0.4 is 5.73 Å². The first-order valence-corrected chi connectivity index (χ1v) is 5.31. The summed E-state index contributed by atoms with van der Waals surface area (Å²) in [6.07, 6.45) is -6.57. The Kier molecular flexibility index (Phi) is 4.30. The number of rotatable bonds is 4. The van der Waals surface area contributed by atoms with Gasteiger partial charge in [0, 0.05) is 12.8 Å². The Morgan fingerprint density at radius 3 is 2.22 bits per heavy atom.